The first-order valence-electron chi connectivity index (χ1n) is 9.02. The summed E-state index contributed by atoms with van der Waals surface area (Å²) in [6, 6.07) is 13.0. The van der Waals surface area contributed by atoms with Gasteiger partial charge in [0, 0.05) is 23.5 Å². The number of nitrogens with zero attached hydrogens (tertiary/aromatic N) is 2. The lowest BCUT2D eigenvalue weighted by Crippen LogP contribution is -2.14. The summed E-state index contributed by atoms with van der Waals surface area (Å²) in [5.41, 5.74) is 4.18. The van der Waals surface area contributed by atoms with Crippen molar-refractivity contribution in [3.8, 4) is 11.5 Å². The number of carbonyl (C=O) groups excluding carboxylic acids is 1. The lowest BCUT2D eigenvalue weighted by atomic mass is 10.1. The number of ether oxygens (including phenoxy) is 2. The van der Waals surface area contributed by atoms with Gasteiger partial charge in [-0.2, -0.15) is 0 Å². The molecule has 1 aliphatic heterocycles. The highest BCUT2D eigenvalue weighted by atomic mass is 16.7. The number of carbonyl (C=O) groups is 1. The minimum absolute atomic E-state index is 0.187. The molecule has 1 amide bonds. The quantitative estimate of drug-likeness (QED) is 0.698. The molecule has 0 saturated carbocycles. The van der Waals surface area contributed by atoms with E-state index in [1.165, 1.54) is 11.9 Å². The molecule has 142 valence electrons. The normalized spacial score (nSPS) is 11.9. The molecule has 1 aliphatic rings. The average molecular weight is 376 g/mol. The zero-order valence-electron chi connectivity index (χ0n) is 15.7. The Kier molecular flexibility index (Phi) is 4.80. The Morgan fingerprint density at radius 2 is 1.96 bits per heavy atom. The number of para-hydroxylation sites is 1. The summed E-state index contributed by atoms with van der Waals surface area (Å²) in [7, 11) is 0. The predicted octanol–water partition coefficient (Wildman–Crippen LogP) is 4.07. The first kappa shape index (κ1) is 17.8. The number of rotatable bonds is 5. The van der Waals surface area contributed by atoms with Crippen LogP contribution in [0, 0.1) is 6.92 Å². The van der Waals surface area contributed by atoms with Crippen molar-refractivity contribution in [1.29, 1.82) is 0 Å². The Morgan fingerprint density at radius 3 is 2.82 bits per heavy atom. The molecule has 0 saturated heterocycles. The molecule has 4 rings (SSSR count). The molecule has 0 fully saturated rings. The van der Waals surface area contributed by atoms with Crippen LogP contribution in [0.1, 0.15) is 28.5 Å². The minimum Gasteiger partial charge on any atom is -0.454 e. The van der Waals surface area contributed by atoms with Gasteiger partial charge in [-0.25, -0.2) is 9.97 Å². The van der Waals surface area contributed by atoms with Crippen molar-refractivity contribution < 1.29 is 14.3 Å². The molecular weight excluding hydrogens is 356 g/mol. The maximum Gasteiger partial charge on any atom is 0.274 e. The molecule has 0 atom stereocenters. The fraction of sp³-hybridized carbons (Fsp3) is 0.190. The van der Waals surface area contributed by atoms with Crippen LogP contribution in [0.5, 0.6) is 11.5 Å². The van der Waals surface area contributed by atoms with Crippen molar-refractivity contribution in [1.82, 2.24) is 9.97 Å². The van der Waals surface area contributed by atoms with Crippen molar-refractivity contribution in [2.75, 3.05) is 17.4 Å². The molecule has 3 aromatic rings. The third kappa shape index (κ3) is 3.59. The van der Waals surface area contributed by atoms with E-state index in [4.69, 9.17) is 9.47 Å². The van der Waals surface area contributed by atoms with Gasteiger partial charge < -0.3 is 20.1 Å². The van der Waals surface area contributed by atoms with Gasteiger partial charge in [0.25, 0.3) is 5.91 Å². The van der Waals surface area contributed by atoms with E-state index in [9.17, 15) is 4.79 Å². The molecule has 0 spiro atoms. The zero-order valence-corrected chi connectivity index (χ0v) is 15.7. The summed E-state index contributed by atoms with van der Waals surface area (Å²) in [5.74, 6) is 1.51. The van der Waals surface area contributed by atoms with Crippen molar-refractivity contribution in [2.45, 2.75) is 20.3 Å². The summed E-state index contributed by atoms with van der Waals surface area (Å²) < 4.78 is 10.6. The van der Waals surface area contributed by atoms with E-state index in [1.807, 2.05) is 19.1 Å². The Hall–Kier alpha value is -3.61. The second kappa shape index (κ2) is 7.56. The van der Waals surface area contributed by atoms with Crippen molar-refractivity contribution in [3.63, 3.8) is 0 Å². The molecule has 2 heterocycles. The van der Waals surface area contributed by atoms with E-state index in [0.717, 1.165) is 17.7 Å². The van der Waals surface area contributed by atoms with Crippen molar-refractivity contribution in [2.24, 2.45) is 0 Å². The largest absolute Gasteiger partial charge is 0.454 e. The van der Waals surface area contributed by atoms with Gasteiger partial charge in [-0.05, 0) is 36.6 Å². The van der Waals surface area contributed by atoms with Gasteiger partial charge in [0.1, 0.15) is 17.8 Å². The van der Waals surface area contributed by atoms with Gasteiger partial charge in [-0.15, -0.1) is 0 Å². The number of amides is 1. The summed E-state index contributed by atoms with van der Waals surface area (Å²) in [6.45, 7) is 4.33. The Morgan fingerprint density at radius 1 is 1.11 bits per heavy atom. The number of anilines is 3. The van der Waals surface area contributed by atoms with Gasteiger partial charge in [0.05, 0.1) is 0 Å². The van der Waals surface area contributed by atoms with Crippen molar-refractivity contribution in [3.05, 3.63) is 65.6 Å². The van der Waals surface area contributed by atoms with Crippen LogP contribution in [0.2, 0.25) is 0 Å². The highest BCUT2D eigenvalue weighted by molar-refractivity contribution is 6.03. The molecular formula is C21H20N4O3. The third-order valence-electron chi connectivity index (χ3n) is 4.52. The lowest BCUT2D eigenvalue weighted by Gasteiger charge is -2.13. The Balaban J connectivity index is 1.53. The Bertz CT molecular complexity index is 1040. The summed E-state index contributed by atoms with van der Waals surface area (Å²) in [6.07, 6.45) is 2.27. The van der Waals surface area contributed by atoms with E-state index in [0.29, 0.717) is 23.0 Å². The molecule has 0 aliphatic carbocycles. The van der Waals surface area contributed by atoms with E-state index >= 15 is 0 Å². The molecule has 7 heteroatoms. The topological polar surface area (TPSA) is 85.4 Å². The minimum atomic E-state index is -0.329. The zero-order chi connectivity index (χ0) is 19.5. The van der Waals surface area contributed by atoms with E-state index < -0.39 is 0 Å². The molecule has 0 bridgehead atoms. The first-order chi connectivity index (χ1) is 13.6. The lowest BCUT2D eigenvalue weighted by molar-refractivity contribution is 0.102. The molecule has 7 nitrogen and oxygen atoms in total. The van der Waals surface area contributed by atoms with E-state index in [1.54, 1.807) is 24.3 Å². The fourth-order valence-electron chi connectivity index (χ4n) is 3.05. The molecule has 2 aromatic carbocycles. The second-order valence-corrected chi connectivity index (χ2v) is 6.40. The Labute approximate surface area is 162 Å². The second-order valence-electron chi connectivity index (χ2n) is 6.40. The van der Waals surface area contributed by atoms with Gasteiger partial charge in [-0.1, -0.05) is 25.1 Å². The number of benzene rings is 2. The molecule has 1 aromatic heterocycles. The summed E-state index contributed by atoms with van der Waals surface area (Å²) in [4.78, 5) is 21.0. The summed E-state index contributed by atoms with van der Waals surface area (Å²) in [5, 5.41) is 6.14. The number of aromatic nitrogens is 2. The standard InChI is InChI=1S/C21H20N4O3/c1-3-14-6-4-5-13(2)20(14)25-19-10-16(22-11-23-19)21(26)24-15-7-8-17-18(9-15)28-12-27-17/h4-11H,3,12H2,1-2H3,(H,24,26)(H,22,23,25). The van der Waals surface area contributed by atoms with Crippen LogP contribution in [0.15, 0.2) is 48.8 Å². The van der Waals surface area contributed by atoms with Crippen LogP contribution in [-0.2, 0) is 6.42 Å². The van der Waals surface area contributed by atoms with Gasteiger partial charge >= 0.3 is 0 Å². The summed E-state index contributed by atoms with van der Waals surface area (Å²) >= 11 is 0. The number of hydrogen-bond donors (Lipinski definition) is 2. The molecule has 0 radical (unpaired) electrons. The smallest absolute Gasteiger partial charge is 0.274 e. The van der Waals surface area contributed by atoms with Crippen molar-refractivity contribution >= 4 is 23.1 Å². The van der Waals surface area contributed by atoms with E-state index in [2.05, 4.69) is 33.6 Å². The van der Waals surface area contributed by atoms with Crippen LogP contribution < -0.4 is 20.1 Å². The van der Waals surface area contributed by atoms with Crippen LogP contribution in [0.25, 0.3) is 0 Å². The first-order valence-corrected chi connectivity index (χ1v) is 9.02. The highest BCUT2D eigenvalue weighted by Crippen LogP contribution is 2.34. The SMILES string of the molecule is CCc1cccc(C)c1Nc1cc(C(=O)Nc2ccc3c(c2)OCO3)ncn1. The van der Waals surface area contributed by atoms with E-state index in [-0.39, 0.29) is 18.4 Å². The van der Waals surface area contributed by atoms with Crippen LogP contribution >= 0.6 is 0 Å². The molecule has 2 N–H and O–H groups in total. The van der Waals surface area contributed by atoms with Crippen LogP contribution in [0.3, 0.4) is 0 Å². The average Bonchev–Trinajstić information content (AvgIpc) is 3.17. The molecule has 28 heavy (non-hydrogen) atoms. The maximum absolute atomic E-state index is 12.6. The predicted molar refractivity (Wildman–Crippen MR) is 106 cm³/mol. The number of nitrogens with one attached hydrogen (secondary N) is 2. The van der Waals surface area contributed by atoms with Gasteiger partial charge in [0.2, 0.25) is 6.79 Å². The number of aryl methyl sites for hydroxylation is 2. The number of hydrogen-bond acceptors (Lipinski definition) is 6. The van der Waals surface area contributed by atoms with Crippen LogP contribution in [-0.4, -0.2) is 22.7 Å². The molecule has 0 unspecified atom stereocenters. The van der Waals surface area contributed by atoms with Crippen LogP contribution in [0.4, 0.5) is 17.2 Å². The fourth-order valence-corrected chi connectivity index (χ4v) is 3.05. The highest BCUT2D eigenvalue weighted by Gasteiger charge is 2.16. The monoisotopic (exact) mass is 376 g/mol. The van der Waals surface area contributed by atoms with Gasteiger partial charge in [-0.3, -0.25) is 4.79 Å². The third-order valence-corrected chi connectivity index (χ3v) is 4.52. The maximum atomic E-state index is 12.6. The van der Waals surface area contributed by atoms with Gasteiger partial charge in [0.15, 0.2) is 11.5 Å². The number of fused-ring (bicyclic) bond motifs is 1.